The maximum absolute atomic E-state index is 13.5. The van der Waals surface area contributed by atoms with Crippen molar-refractivity contribution >= 4 is 56.8 Å². The van der Waals surface area contributed by atoms with E-state index in [4.69, 9.17) is 38.5 Å². The molecule has 0 atom stereocenters. The molecule has 0 saturated carbocycles. The van der Waals surface area contributed by atoms with Crippen LogP contribution < -0.4 is 24.0 Å². The molecule has 5 rings (SSSR count). The zero-order valence-electron chi connectivity index (χ0n) is 36.2. The number of carbonyl (C=O) groups excluding carboxylic acids is 4. The summed E-state index contributed by atoms with van der Waals surface area (Å²) >= 11 is 1.53. The van der Waals surface area contributed by atoms with Crippen molar-refractivity contribution in [3.63, 3.8) is 0 Å². The van der Waals surface area contributed by atoms with Gasteiger partial charge in [0.2, 0.25) is 5.13 Å². The molecule has 0 fully saturated rings. The quantitative estimate of drug-likeness (QED) is 0.0117. The van der Waals surface area contributed by atoms with Crippen molar-refractivity contribution in [3.8, 4) is 23.0 Å². The molecule has 1 aromatic heterocycles. The number of anilines is 1. The number of esters is 4. The Kier molecular flexibility index (Phi) is 20.1. The van der Waals surface area contributed by atoms with E-state index >= 15 is 0 Å². The van der Waals surface area contributed by atoms with Crippen molar-refractivity contribution in [1.29, 1.82) is 0 Å². The monoisotopic (exact) mass is 889 g/mol. The third-order valence-corrected chi connectivity index (χ3v) is 10.6. The summed E-state index contributed by atoms with van der Waals surface area (Å²) in [5, 5.41) is 7.36. The first kappa shape index (κ1) is 48.2. The summed E-state index contributed by atoms with van der Waals surface area (Å²) in [6, 6.07) is 26.0. The van der Waals surface area contributed by atoms with E-state index in [-0.39, 0.29) is 11.5 Å². The highest BCUT2D eigenvalue weighted by Crippen LogP contribution is 2.30. The van der Waals surface area contributed by atoms with Crippen molar-refractivity contribution in [2.24, 2.45) is 5.10 Å². The van der Waals surface area contributed by atoms with Gasteiger partial charge in [0.15, 0.2) is 0 Å². The Bertz CT molecular complexity index is 2290. The number of aromatic nitrogens is 1. The second-order valence-electron chi connectivity index (χ2n) is 14.5. The minimum absolute atomic E-state index is 0.213. The number of hydrazone groups is 1. The summed E-state index contributed by atoms with van der Waals surface area (Å²) in [5.74, 6) is -0.320. The van der Waals surface area contributed by atoms with Gasteiger partial charge in [0.25, 0.3) is 0 Å². The minimum atomic E-state index is -0.592. The van der Waals surface area contributed by atoms with Crippen LogP contribution in [0.3, 0.4) is 0 Å². The number of hydrogen-bond acceptors (Lipinski definition) is 14. The summed E-state index contributed by atoms with van der Waals surface area (Å²) in [7, 11) is 0. The Hall–Kier alpha value is -6.80. The Morgan fingerprint density at radius 2 is 1.17 bits per heavy atom. The van der Waals surface area contributed by atoms with E-state index < -0.39 is 23.9 Å². The first-order valence-corrected chi connectivity index (χ1v) is 22.4. The fraction of sp³-hybridized carbons (Fsp3) is 0.320. The van der Waals surface area contributed by atoms with Gasteiger partial charge in [0.05, 0.1) is 54.0 Å². The molecule has 4 aromatic carbocycles. The Morgan fingerprint density at radius 1 is 0.641 bits per heavy atom. The smallest absolute Gasteiger partial charge is 0.343 e. The van der Waals surface area contributed by atoms with Crippen molar-refractivity contribution in [1.82, 2.24) is 4.98 Å². The van der Waals surface area contributed by atoms with E-state index in [1.165, 1.54) is 11.3 Å². The van der Waals surface area contributed by atoms with Gasteiger partial charge in [-0.2, -0.15) is 5.10 Å². The molecule has 0 saturated heterocycles. The van der Waals surface area contributed by atoms with Gasteiger partial charge in [-0.25, -0.2) is 29.2 Å². The van der Waals surface area contributed by atoms with Crippen LogP contribution in [0.2, 0.25) is 0 Å². The fourth-order valence-corrected chi connectivity index (χ4v) is 7.00. The number of nitrogens with zero attached hydrogens (tertiary/aromatic N) is 3. The number of para-hydroxylation sites is 1. The van der Waals surface area contributed by atoms with E-state index in [1.807, 2.05) is 29.3 Å². The Balaban J connectivity index is 1.22. The van der Waals surface area contributed by atoms with Gasteiger partial charge in [0.1, 0.15) is 23.0 Å². The van der Waals surface area contributed by atoms with Gasteiger partial charge in [-0.15, -0.1) is 0 Å². The molecule has 1 heterocycles. The van der Waals surface area contributed by atoms with Crippen LogP contribution in [0.1, 0.15) is 97.4 Å². The number of ether oxygens (including phenoxy) is 6. The third kappa shape index (κ3) is 16.2. The fourth-order valence-electron chi connectivity index (χ4n) is 6.05. The van der Waals surface area contributed by atoms with Crippen molar-refractivity contribution < 1.29 is 47.6 Å². The number of fused-ring (bicyclic) bond motifs is 1. The van der Waals surface area contributed by atoms with E-state index in [2.05, 4.69) is 20.1 Å². The van der Waals surface area contributed by atoms with Crippen LogP contribution in [-0.4, -0.2) is 68.0 Å². The van der Waals surface area contributed by atoms with Crippen molar-refractivity contribution in [2.75, 3.05) is 38.0 Å². The van der Waals surface area contributed by atoms with Crippen molar-refractivity contribution in [2.45, 2.75) is 71.1 Å². The van der Waals surface area contributed by atoms with Crippen LogP contribution >= 0.6 is 11.3 Å². The van der Waals surface area contributed by atoms with Crippen LogP contribution in [0, 0.1) is 0 Å². The normalized spacial score (nSPS) is 10.9. The largest absolute Gasteiger partial charge is 0.494 e. The minimum Gasteiger partial charge on any atom is -0.494 e. The molecule has 5 aromatic rings. The van der Waals surface area contributed by atoms with Crippen LogP contribution in [0.5, 0.6) is 23.0 Å². The molecule has 0 N–H and O–H groups in total. The number of benzene rings is 4. The lowest BCUT2D eigenvalue weighted by Gasteiger charge is -2.16. The highest BCUT2D eigenvalue weighted by atomic mass is 32.1. The highest BCUT2D eigenvalue weighted by molar-refractivity contribution is 7.22. The molecule has 0 aliphatic heterocycles. The second kappa shape index (κ2) is 26.6. The first-order chi connectivity index (χ1) is 31.3. The van der Waals surface area contributed by atoms with E-state index in [0.717, 1.165) is 91.7 Å². The van der Waals surface area contributed by atoms with Crippen LogP contribution in [-0.2, 0) is 19.1 Å². The predicted octanol–water partition coefficient (Wildman–Crippen LogP) is 10.7. The SMILES string of the molecule is C=CC(=O)OCCCCCCOc1ccc(C(=O)Oc2ccc(OC(=O)c3ccc(OCCCCCCOC(=O)C=C)cc3)c(/C=N/N(CCCC)c3nc4ccccc4s3)c2)cc1. The van der Waals surface area contributed by atoms with Crippen LogP contribution in [0.4, 0.5) is 5.13 Å². The number of carbonyl (C=O) groups is 4. The molecule has 0 amide bonds. The summed E-state index contributed by atoms with van der Waals surface area (Å²) in [6.07, 6.45) is 12.5. The van der Waals surface area contributed by atoms with Crippen molar-refractivity contribution in [3.05, 3.63) is 133 Å². The summed E-state index contributed by atoms with van der Waals surface area (Å²) < 4.78 is 34.5. The van der Waals surface area contributed by atoms with Gasteiger partial charge < -0.3 is 28.4 Å². The molecule has 0 unspecified atom stereocenters. The van der Waals surface area contributed by atoms with Gasteiger partial charge in [-0.05, 0) is 137 Å². The zero-order valence-corrected chi connectivity index (χ0v) is 37.1. The molecular formula is C50H55N3O10S. The molecule has 0 spiro atoms. The lowest BCUT2D eigenvalue weighted by atomic mass is 10.2. The van der Waals surface area contributed by atoms with Gasteiger partial charge in [-0.1, -0.05) is 50.0 Å². The molecule has 0 radical (unpaired) electrons. The number of unbranched alkanes of at least 4 members (excludes halogenated alkanes) is 7. The number of rotatable bonds is 28. The lowest BCUT2D eigenvalue weighted by molar-refractivity contribution is -0.138. The molecule has 336 valence electrons. The molecule has 0 bridgehead atoms. The topological polar surface area (TPSA) is 152 Å². The van der Waals surface area contributed by atoms with Gasteiger partial charge >= 0.3 is 23.9 Å². The predicted molar refractivity (Wildman–Crippen MR) is 249 cm³/mol. The summed E-state index contributed by atoms with van der Waals surface area (Å²) in [4.78, 5) is 53.9. The van der Waals surface area contributed by atoms with Crippen LogP contribution in [0.25, 0.3) is 10.2 Å². The lowest BCUT2D eigenvalue weighted by Crippen LogP contribution is -2.18. The average Bonchev–Trinajstić information content (AvgIpc) is 3.76. The van der Waals surface area contributed by atoms with Gasteiger partial charge in [-0.3, -0.25) is 0 Å². The number of thiazole rings is 1. The molecule has 0 aliphatic carbocycles. The standard InChI is InChI=1S/C50H55N3O10S/c1-4-7-30-53(50-52-43-18-12-13-19-45(43)64-50)51-36-39-35-42(62-48(56)37-20-24-40(25-21-37)58-31-14-8-10-16-33-60-46(54)5-2)28-29-44(39)63-49(57)38-22-26-41(27-23-38)59-32-15-9-11-17-34-61-47(55)6-3/h5-6,12-13,18-29,35-36H,2-4,7-11,14-17,30-34H2,1H3/b51-36+. The zero-order chi connectivity index (χ0) is 45.4. The highest BCUT2D eigenvalue weighted by Gasteiger charge is 2.17. The molecule has 13 nitrogen and oxygen atoms in total. The molecule has 0 aliphatic rings. The summed E-state index contributed by atoms with van der Waals surface area (Å²) in [6.45, 7) is 11.2. The van der Waals surface area contributed by atoms with Crippen LogP contribution in [0.15, 0.2) is 121 Å². The molecule has 64 heavy (non-hydrogen) atoms. The Labute approximate surface area is 378 Å². The van der Waals surface area contributed by atoms with Gasteiger partial charge in [0, 0.05) is 24.3 Å². The maximum atomic E-state index is 13.5. The summed E-state index contributed by atoms with van der Waals surface area (Å²) in [5.41, 5.74) is 1.92. The third-order valence-electron chi connectivity index (χ3n) is 9.57. The average molecular weight is 890 g/mol. The van der Waals surface area contributed by atoms with E-state index in [9.17, 15) is 19.2 Å². The second-order valence-corrected chi connectivity index (χ2v) is 15.5. The number of hydrogen-bond donors (Lipinski definition) is 0. The molecular weight excluding hydrogens is 835 g/mol. The first-order valence-electron chi connectivity index (χ1n) is 21.6. The van der Waals surface area contributed by atoms with E-state index in [0.29, 0.717) is 61.2 Å². The maximum Gasteiger partial charge on any atom is 0.343 e. The van der Waals surface area contributed by atoms with E-state index in [1.54, 1.807) is 72.9 Å². The Morgan fingerprint density at radius 3 is 1.72 bits per heavy atom. The molecule has 14 heteroatoms.